The Labute approximate surface area is 167 Å². The van der Waals surface area contributed by atoms with Gasteiger partial charge in [-0.05, 0) is 30.9 Å². The number of hydrogen-bond acceptors (Lipinski definition) is 4. The minimum Gasteiger partial charge on any atom is -0.480 e. The lowest BCUT2D eigenvalue weighted by Crippen LogP contribution is -2.16. The molecule has 4 rings (SSSR count). The van der Waals surface area contributed by atoms with Crippen LogP contribution in [0.2, 0.25) is 0 Å². The van der Waals surface area contributed by atoms with E-state index < -0.39 is 18.5 Å². The zero-order valence-electron chi connectivity index (χ0n) is 16.0. The monoisotopic (exact) mass is 391 g/mol. The Hall–Kier alpha value is -3.61. The Morgan fingerprint density at radius 2 is 2.03 bits per heavy atom. The number of benzene rings is 1. The van der Waals surface area contributed by atoms with E-state index in [0.717, 1.165) is 23.2 Å². The van der Waals surface area contributed by atoms with Crippen LogP contribution in [0.3, 0.4) is 0 Å². The molecule has 3 aromatic rings. The molecule has 148 valence electrons. The third kappa shape index (κ3) is 3.47. The highest BCUT2D eigenvalue weighted by Crippen LogP contribution is 2.39. The Morgan fingerprint density at radius 3 is 2.72 bits per heavy atom. The van der Waals surface area contributed by atoms with Gasteiger partial charge in [-0.3, -0.25) is 4.79 Å². The third-order valence-corrected chi connectivity index (χ3v) is 5.03. The van der Waals surface area contributed by atoms with Gasteiger partial charge >= 0.3 is 5.97 Å². The summed E-state index contributed by atoms with van der Waals surface area (Å²) >= 11 is 0. The number of hydrogen-bond donors (Lipinski definition) is 2. The molecule has 29 heavy (non-hydrogen) atoms. The number of aryl methyl sites for hydroxylation is 1. The lowest BCUT2D eigenvalue weighted by molar-refractivity contribution is -0.139. The van der Waals surface area contributed by atoms with Crippen molar-refractivity contribution in [3.63, 3.8) is 0 Å². The molecule has 0 atom stereocenters. The van der Waals surface area contributed by atoms with Gasteiger partial charge in [0.05, 0.1) is 11.4 Å². The lowest BCUT2D eigenvalue weighted by Gasteiger charge is -2.14. The van der Waals surface area contributed by atoms with Crippen molar-refractivity contribution in [3.05, 3.63) is 70.6 Å². The highest BCUT2D eigenvalue weighted by Gasteiger charge is 2.29. The molecule has 0 bridgehead atoms. The van der Waals surface area contributed by atoms with E-state index in [-0.39, 0.29) is 0 Å². The van der Waals surface area contributed by atoms with Gasteiger partial charge < -0.3 is 15.6 Å². The molecule has 1 aromatic carbocycles. The first-order chi connectivity index (χ1) is 14.0. The summed E-state index contributed by atoms with van der Waals surface area (Å²) in [6, 6.07) is 11.7. The molecule has 0 spiro atoms. The number of allylic oxidation sites excluding steroid dienone is 1. The summed E-state index contributed by atoms with van der Waals surface area (Å²) in [5.74, 6) is -1.22. The molecular weight excluding hydrogens is 370 g/mol. The fourth-order valence-electron chi connectivity index (χ4n) is 3.90. The van der Waals surface area contributed by atoms with Gasteiger partial charge in [0, 0.05) is 23.6 Å². The van der Waals surface area contributed by atoms with E-state index in [0.29, 0.717) is 40.9 Å². The number of carboxylic acids is 1. The average molecular weight is 391 g/mol. The van der Waals surface area contributed by atoms with Crippen LogP contribution in [0.25, 0.3) is 11.1 Å². The van der Waals surface area contributed by atoms with Crippen LogP contribution in [0.4, 0.5) is 0 Å². The van der Waals surface area contributed by atoms with E-state index in [4.69, 9.17) is 15.6 Å². The summed E-state index contributed by atoms with van der Waals surface area (Å²) < 4.78 is 7.36. The minimum absolute atomic E-state index is 0.379. The molecular formula is C22H21N3O4. The maximum absolute atomic E-state index is 12.2. The third-order valence-electron chi connectivity index (χ3n) is 5.03. The Balaban J connectivity index is 1.99. The van der Waals surface area contributed by atoms with Crippen molar-refractivity contribution in [1.29, 1.82) is 0 Å². The standard InChI is InChI=1S/C22H21N3O4/c1-13-10-18(29-12-19(26)27)21-20-15(8-5-9-16(20)22(23)28)17(25(21)24-13)11-14-6-3-2-4-7-14/h2-4,6-7,9-10H,5,8,11-12H2,1H3,(H2,23,28)(H,26,27). The molecule has 0 saturated carbocycles. The van der Waals surface area contributed by atoms with Crippen LogP contribution in [0.1, 0.15) is 34.5 Å². The predicted octanol–water partition coefficient (Wildman–Crippen LogP) is 2.51. The molecule has 0 saturated heterocycles. The van der Waals surface area contributed by atoms with Crippen LogP contribution < -0.4 is 10.5 Å². The van der Waals surface area contributed by atoms with Crippen LogP contribution in [0.15, 0.2) is 42.5 Å². The van der Waals surface area contributed by atoms with E-state index >= 15 is 0 Å². The quantitative estimate of drug-likeness (QED) is 0.671. The highest BCUT2D eigenvalue weighted by molar-refractivity contribution is 6.22. The fourth-order valence-corrected chi connectivity index (χ4v) is 3.90. The van der Waals surface area contributed by atoms with Crippen molar-refractivity contribution in [2.75, 3.05) is 6.61 Å². The maximum Gasteiger partial charge on any atom is 0.341 e. The Morgan fingerprint density at radius 1 is 1.28 bits per heavy atom. The van der Waals surface area contributed by atoms with Gasteiger partial charge in [-0.1, -0.05) is 36.4 Å². The Kier molecular flexibility index (Phi) is 4.80. The van der Waals surface area contributed by atoms with E-state index in [1.165, 1.54) is 0 Å². The van der Waals surface area contributed by atoms with Crippen molar-refractivity contribution in [2.45, 2.75) is 26.2 Å². The van der Waals surface area contributed by atoms with Crippen LogP contribution in [-0.4, -0.2) is 33.2 Å². The zero-order valence-corrected chi connectivity index (χ0v) is 16.0. The predicted molar refractivity (Wildman–Crippen MR) is 108 cm³/mol. The second-order valence-electron chi connectivity index (χ2n) is 7.08. The summed E-state index contributed by atoms with van der Waals surface area (Å²) in [5.41, 5.74) is 11.1. The number of primary amides is 1. The summed E-state index contributed by atoms with van der Waals surface area (Å²) in [6.45, 7) is 1.34. The van der Waals surface area contributed by atoms with Gasteiger partial charge in [0.25, 0.3) is 0 Å². The molecule has 0 unspecified atom stereocenters. The molecule has 2 heterocycles. The van der Waals surface area contributed by atoms with Crippen LogP contribution in [-0.2, 0) is 22.4 Å². The van der Waals surface area contributed by atoms with E-state index in [9.17, 15) is 9.59 Å². The van der Waals surface area contributed by atoms with Crippen molar-refractivity contribution >= 4 is 23.0 Å². The molecule has 1 amide bonds. The van der Waals surface area contributed by atoms with Crippen molar-refractivity contribution in [1.82, 2.24) is 9.61 Å². The van der Waals surface area contributed by atoms with Crippen LogP contribution >= 0.6 is 0 Å². The first kappa shape index (κ1) is 18.7. The maximum atomic E-state index is 12.2. The molecule has 1 aliphatic carbocycles. The number of amides is 1. The topological polar surface area (TPSA) is 107 Å². The first-order valence-corrected chi connectivity index (χ1v) is 9.38. The normalized spacial score (nSPS) is 13.1. The molecule has 7 nitrogen and oxygen atoms in total. The second kappa shape index (κ2) is 7.43. The van der Waals surface area contributed by atoms with Gasteiger partial charge in [0.15, 0.2) is 6.61 Å². The number of aromatic nitrogens is 2. The van der Waals surface area contributed by atoms with Crippen molar-refractivity contribution in [3.8, 4) is 5.75 Å². The van der Waals surface area contributed by atoms with Gasteiger partial charge in [-0.25, -0.2) is 9.31 Å². The van der Waals surface area contributed by atoms with Crippen LogP contribution in [0.5, 0.6) is 5.75 Å². The first-order valence-electron chi connectivity index (χ1n) is 9.38. The van der Waals surface area contributed by atoms with Gasteiger partial charge in [-0.15, -0.1) is 0 Å². The van der Waals surface area contributed by atoms with Crippen molar-refractivity contribution in [2.24, 2.45) is 5.73 Å². The molecule has 0 fully saturated rings. The number of carboxylic acid groups (broad SMARTS) is 1. The van der Waals surface area contributed by atoms with E-state index in [1.54, 1.807) is 10.6 Å². The summed E-state index contributed by atoms with van der Waals surface area (Å²) in [6.07, 6.45) is 3.90. The number of rotatable bonds is 6. The minimum atomic E-state index is -1.08. The molecule has 0 aliphatic heterocycles. The summed E-state index contributed by atoms with van der Waals surface area (Å²) in [5, 5.41) is 13.7. The lowest BCUT2D eigenvalue weighted by atomic mass is 9.90. The average Bonchev–Trinajstić information content (AvgIpc) is 3.00. The smallest absolute Gasteiger partial charge is 0.341 e. The largest absolute Gasteiger partial charge is 0.480 e. The summed E-state index contributed by atoms with van der Waals surface area (Å²) in [7, 11) is 0. The van der Waals surface area contributed by atoms with Gasteiger partial charge in [-0.2, -0.15) is 5.10 Å². The fraction of sp³-hybridized carbons (Fsp3) is 0.227. The number of nitrogens with two attached hydrogens (primary N) is 1. The number of nitrogens with zero attached hydrogens (tertiary/aromatic N) is 2. The van der Waals surface area contributed by atoms with Gasteiger partial charge in [0.1, 0.15) is 11.3 Å². The van der Waals surface area contributed by atoms with Crippen molar-refractivity contribution < 1.29 is 19.4 Å². The molecule has 0 radical (unpaired) electrons. The number of carbonyl (C=O) groups is 2. The SMILES string of the molecule is Cc1cc(OCC(=O)O)c2c3c(c(Cc4ccccc4)n2n1)CCC=C3C(N)=O. The van der Waals surface area contributed by atoms with E-state index in [2.05, 4.69) is 5.10 Å². The van der Waals surface area contributed by atoms with Crippen LogP contribution in [0, 0.1) is 6.92 Å². The van der Waals surface area contributed by atoms with Gasteiger partial charge in [0.2, 0.25) is 5.91 Å². The zero-order chi connectivity index (χ0) is 20.5. The number of carbonyl (C=O) groups excluding carboxylic acids is 1. The highest BCUT2D eigenvalue weighted by atomic mass is 16.5. The number of aliphatic carboxylic acids is 1. The molecule has 1 aliphatic rings. The number of fused-ring (bicyclic) bond motifs is 3. The molecule has 7 heteroatoms. The number of ether oxygens (including phenoxy) is 1. The molecule has 2 aromatic heterocycles. The second-order valence-corrected chi connectivity index (χ2v) is 7.08. The van der Waals surface area contributed by atoms with E-state index in [1.807, 2.05) is 43.3 Å². The molecule has 3 N–H and O–H groups in total. The summed E-state index contributed by atoms with van der Waals surface area (Å²) in [4.78, 5) is 23.2. The Bertz CT molecular complexity index is 1150.